The molecule has 1 rings (SSSR count). The molecule has 3 N–H and O–H groups in total. The third-order valence-corrected chi connectivity index (χ3v) is 2.55. The van der Waals surface area contributed by atoms with Gasteiger partial charge in [-0.1, -0.05) is 17.2 Å². The normalized spacial score (nSPS) is 13.5. The molecule has 0 aromatic heterocycles. The summed E-state index contributed by atoms with van der Waals surface area (Å²) in [5.41, 5.74) is 8.73. The first-order valence-corrected chi connectivity index (χ1v) is 5.18. The summed E-state index contributed by atoms with van der Waals surface area (Å²) in [7, 11) is 0. The Morgan fingerprint density at radius 3 is 2.72 bits per heavy atom. The summed E-state index contributed by atoms with van der Waals surface area (Å²) in [5, 5.41) is 31.7. The Kier molecular flexibility index (Phi) is 4.67. The number of carboxylic acid groups (broad SMARTS) is 1. The molecule has 0 amide bonds. The summed E-state index contributed by atoms with van der Waals surface area (Å²) in [6.45, 7) is 1.30. The van der Waals surface area contributed by atoms with E-state index in [1.807, 2.05) is 0 Å². The molecule has 2 unspecified atom stereocenters. The minimum Gasteiger partial charge on any atom is -0.478 e. The molecule has 0 heterocycles. The number of carbonyl (C=O) groups is 1. The fourth-order valence-corrected chi connectivity index (χ4v) is 1.67. The van der Waals surface area contributed by atoms with Crippen LogP contribution in [0.4, 0.5) is 0 Å². The number of aliphatic hydroxyl groups is 2. The highest BCUT2D eigenvalue weighted by atomic mass is 16.4. The third-order valence-electron chi connectivity index (χ3n) is 2.55. The van der Waals surface area contributed by atoms with Gasteiger partial charge in [-0.2, -0.15) is 0 Å². The maximum Gasteiger partial charge on any atom is 0.336 e. The van der Waals surface area contributed by atoms with Crippen molar-refractivity contribution >= 4 is 5.97 Å². The van der Waals surface area contributed by atoms with E-state index in [0.717, 1.165) is 0 Å². The van der Waals surface area contributed by atoms with Crippen molar-refractivity contribution in [1.29, 1.82) is 0 Å². The molecule has 0 saturated carbocycles. The maximum atomic E-state index is 11.0. The average molecular weight is 251 g/mol. The molecule has 0 saturated heterocycles. The standard InChI is InChI=1S/C11H13N3O4/c1-6-3-2-4-7(11(17)18)9(6)10(16)8(15)5-13-14-12/h2-4,8,10,15-16H,5H2,1H3,(H,17,18). The van der Waals surface area contributed by atoms with Crippen LogP contribution in [0.5, 0.6) is 0 Å². The van der Waals surface area contributed by atoms with Crippen molar-refractivity contribution in [3.8, 4) is 0 Å². The topological polar surface area (TPSA) is 127 Å². The van der Waals surface area contributed by atoms with Crippen molar-refractivity contribution in [2.75, 3.05) is 6.54 Å². The number of carboxylic acids is 1. The molecule has 7 nitrogen and oxygen atoms in total. The lowest BCUT2D eigenvalue weighted by atomic mass is 9.94. The monoisotopic (exact) mass is 251 g/mol. The number of hydrogen-bond acceptors (Lipinski definition) is 4. The van der Waals surface area contributed by atoms with Crippen molar-refractivity contribution in [3.63, 3.8) is 0 Å². The van der Waals surface area contributed by atoms with Crippen molar-refractivity contribution < 1.29 is 20.1 Å². The van der Waals surface area contributed by atoms with Crippen LogP contribution in [0.15, 0.2) is 23.3 Å². The quantitative estimate of drug-likeness (QED) is 0.415. The molecule has 18 heavy (non-hydrogen) atoms. The zero-order valence-corrected chi connectivity index (χ0v) is 9.69. The lowest BCUT2D eigenvalue weighted by Gasteiger charge is -2.20. The minimum atomic E-state index is -1.41. The Labute approximate surface area is 103 Å². The van der Waals surface area contributed by atoms with Crippen LogP contribution in [0.1, 0.15) is 27.6 Å². The van der Waals surface area contributed by atoms with Gasteiger partial charge in [-0.3, -0.25) is 0 Å². The first-order chi connectivity index (χ1) is 8.49. The van der Waals surface area contributed by atoms with E-state index in [4.69, 9.17) is 10.6 Å². The summed E-state index contributed by atoms with van der Waals surface area (Å²) < 4.78 is 0. The van der Waals surface area contributed by atoms with Crippen LogP contribution >= 0.6 is 0 Å². The van der Waals surface area contributed by atoms with Crippen molar-refractivity contribution in [2.45, 2.75) is 19.1 Å². The zero-order valence-electron chi connectivity index (χ0n) is 9.69. The van der Waals surface area contributed by atoms with Crippen molar-refractivity contribution in [2.24, 2.45) is 5.11 Å². The Bertz CT molecular complexity index is 497. The van der Waals surface area contributed by atoms with Gasteiger partial charge < -0.3 is 15.3 Å². The number of hydrogen-bond donors (Lipinski definition) is 3. The van der Waals surface area contributed by atoms with E-state index in [1.54, 1.807) is 19.1 Å². The molecule has 96 valence electrons. The summed E-state index contributed by atoms with van der Waals surface area (Å²) in [6.07, 6.45) is -2.76. The molecule has 0 radical (unpaired) electrons. The summed E-state index contributed by atoms with van der Waals surface area (Å²) in [6, 6.07) is 4.52. The summed E-state index contributed by atoms with van der Waals surface area (Å²) >= 11 is 0. The van der Waals surface area contributed by atoms with E-state index in [9.17, 15) is 15.0 Å². The van der Waals surface area contributed by atoms with Crippen molar-refractivity contribution in [3.05, 3.63) is 45.3 Å². The Morgan fingerprint density at radius 2 is 2.17 bits per heavy atom. The van der Waals surface area contributed by atoms with Gasteiger partial charge in [-0.15, -0.1) is 0 Å². The number of azide groups is 1. The average Bonchev–Trinajstić information content (AvgIpc) is 2.34. The molecular weight excluding hydrogens is 238 g/mol. The lowest BCUT2D eigenvalue weighted by molar-refractivity contribution is 0.0228. The Morgan fingerprint density at radius 1 is 1.50 bits per heavy atom. The Hall–Kier alpha value is -2.08. The highest BCUT2D eigenvalue weighted by Crippen LogP contribution is 2.25. The fourth-order valence-electron chi connectivity index (χ4n) is 1.67. The van der Waals surface area contributed by atoms with E-state index in [0.29, 0.717) is 5.56 Å². The van der Waals surface area contributed by atoms with Gasteiger partial charge in [0.05, 0.1) is 18.2 Å². The molecule has 0 fully saturated rings. The molecule has 0 aliphatic carbocycles. The highest BCUT2D eigenvalue weighted by Gasteiger charge is 2.24. The fraction of sp³-hybridized carbons (Fsp3) is 0.364. The van der Waals surface area contributed by atoms with Gasteiger partial charge in [0, 0.05) is 10.5 Å². The third kappa shape index (κ3) is 2.98. The van der Waals surface area contributed by atoms with Crippen LogP contribution in [-0.2, 0) is 0 Å². The van der Waals surface area contributed by atoms with E-state index in [1.165, 1.54) is 6.07 Å². The molecular formula is C11H13N3O4. The van der Waals surface area contributed by atoms with Gasteiger partial charge in [0.2, 0.25) is 0 Å². The van der Waals surface area contributed by atoms with E-state index in [2.05, 4.69) is 10.0 Å². The summed E-state index contributed by atoms with van der Waals surface area (Å²) in [4.78, 5) is 13.5. The predicted molar refractivity (Wildman–Crippen MR) is 63.1 cm³/mol. The number of nitrogens with zero attached hydrogens (tertiary/aromatic N) is 3. The van der Waals surface area contributed by atoms with E-state index >= 15 is 0 Å². The molecule has 1 aromatic rings. The second kappa shape index (κ2) is 6.02. The first-order valence-electron chi connectivity index (χ1n) is 5.18. The largest absolute Gasteiger partial charge is 0.478 e. The SMILES string of the molecule is Cc1cccc(C(=O)O)c1C(O)C(O)CN=[N+]=[N-]. The number of aryl methyl sites for hydroxylation is 1. The summed E-state index contributed by atoms with van der Waals surface area (Å²) in [5.74, 6) is -1.19. The minimum absolute atomic E-state index is 0.0810. The van der Waals surface area contributed by atoms with Gasteiger partial charge in [0.15, 0.2) is 0 Å². The van der Waals surface area contributed by atoms with Crippen LogP contribution in [0.2, 0.25) is 0 Å². The molecule has 0 spiro atoms. The number of benzene rings is 1. The number of aliphatic hydroxyl groups excluding tert-OH is 2. The maximum absolute atomic E-state index is 11.0. The molecule has 0 bridgehead atoms. The second-order valence-electron chi connectivity index (χ2n) is 3.77. The molecule has 0 aliphatic rings. The number of rotatable bonds is 5. The zero-order chi connectivity index (χ0) is 13.7. The molecule has 1 aromatic carbocycles. The van der Waals surface area contributed by atoms with Crippen LogP contribution in [0, 0.1) is 6.92 Å². The van der Waals surface area contributed by atoms with E-state index in [-0.39, 0.29) is 17.7 Å². The van der Waals surface area contributed by atoms with E-state index < -0.39 is 18.2 Å². The predicted octanol–water partition coefficient (Wildman–Crippen LogP) is 1.40. The van der Waals surface area contributed by atoms with Crippen LogP contribution in [-0.4, -0.2) is 33.9 Å². The molecule has 7 heteroatoms. The molecule has 2 atom stereocenters. The van der Waals surface area contributed by atoms with Crippen LogP contribution in [0.3, 0.4) is 0 Å². The van der Waals surface area contributed by atoms with Crippen molar-refractivity contribution in [1.82, 2.24) is 0 Å². The van der Waals surface area contributed by atoms with Gasteiger partial charge in [0.1, 0.15) is 6.10 Å². The second-order valence-corrected chi connectivity index (χ2v) is 3.77. The van der Waals surface area contributed by atoms with Crippen LogP contribution < -0.4 is 0 Å². The molecule has 0 aliphatic heterocycles. The van der Waals surface area contributed by atoms with Gasteiger partial charge in [0.25, 0.3) is 0 Å². The van der Waals surface area contributed by atoms with Gasteiger partial charge in [-0.25, -0.2) is 4.79 Å². The van der Waals surface area contributed by atoms with Crippen LogP contribution in [0.25, 0.3) is 10.4 Å². The smallest absolute Gasteiger partial charge is 0.336 e. The highest BCUT2D eigenvalue weighted by molar-refractivity contribution is 5.90. The van der Waals surface area contributed by atoms with Gasteiger partial charge >= 0.3 is 5.97 Å². The Balaban J connectivity index is 3.14. The first kappa shape index (κ1) is 14.0. The van der Waals surface area contributed by atoms with Gasteiger partial charge in [-0.05, 0) is 24.1 Å². The number of aromatic carboxylic acids is 1. The lowest BCUT2D eigenvalue weighted by Crippen LogP contribution is -2.24.